The number of hydrogen-bond acceptors (Lipinski definition) is 4. The molecular weight excluding hydrogens is 244 g/mol. The molecule has 1 amide bonds. The van der Waals surface area contributed by atoms with Crippen molar-refractivity contribution in [3.8, 4) is 0 Å². The normalized spacial score (nSPS) is 23.8. The molecule has 2 aliphatic heterocycles. The van der Waals surface area contributed by atoms with E-state index in [0.717, 1.165) is 51.9 Å². The van der Waals surface area contributed by atoms with Crippen LogP contribution in [0.1, 0.15) is 25.7 Å². The first-order valence-corrected chi connectivity index (χ1v) is 7.28. The van der Waals surface area contributed by atoms with E-state index in [1.165, 1.54) is 0 Å². The highest BCUT2D eigenvalue weighted by molar-refractivity contribution is 5.77. The Morgan fingerprint density at radius 3 is 2.21 bits per heavy atom. The fourth-order valence-corrected chi connectivity index (χ4v) is 3.17. The van der Waals surface area contributed by atoms with Gasteiger partial charge in [-0.3, -0.25) is 4.79 Å². The van der Waals surface area contributed by atoms with Crippen LogP contribution < -0.4 is 0 Å². The zero-order valence-corrected chi connectivity index (χ0v) is 12.1. The molecule has 0 aromatic rings. The van der Waals surface area contributed by atoms with Gasteiger partial charge in [-0.25, -0.2) is 0 Å². The summed E-state index contributed by atoms with van der Waals surface area (Å²) in [6.07, 6.45) is 4.90. The zero-order chi connectivity index (χ0) is 13.7. The van der Waals surface area contributed by atoms with Crippen molar-refractivity contribution in [3.05, 3.63) is 0 Å². The van der Waals surface area contributed by atoms with Gasteiger partial charge in [0.25, 0.3) is 0 Å². The molecule has 110 valence electrons. The van der Waals surface area contributed by atoms with Crippen LogP contribution in [-0.2, 0) is 14.3 Å². The number of methoxy groups -OCH3 is 2. The second-order valence-electron chi connectivity index (χ2n) is 5.52. The SMILES string of the molecule is COCC(=O)N1CCC(N2CCC(OC)CC2)CC1. The first-order valence-electron chi connectivity index (χ1n) is 7.28. The Morgan fingerprint density at radius 1 is 1.05 bits per heavy atom. The van der Waals surface area contributed by atoms with E-state index in [0.29, 0.717) is 12.1 Å². The van der Waals surface area contributed by atoms with Crippen molar-refractivity contribution in [3.63, 3.8) is 0 Å². The third-order valence-electron chi connectivity index (χ3n) is 4.41. The maximum absolute atomic E-state index is 11.7. The van der Waals surface area contributed by atoms with Gasteiger partial charge >= 0.3 is 0 Å². The Kier molecular flexibility index (Phi) is 5.60. The molecule has 2 aliphatic rings. The smallest absolute Gasteiger partial charge is 0.248 e. The van der Waals surface area contributed by atoms with Gasteiger partial charge in [-0.05, 0) is 25.7 Å². The van der Waals surface area contributed by atoms with Gasteiger partial charge in [0.05, 0.1) is 6.10 Å². The molecule has 2 heterocycles. The number of rotatable bonds is 4. The number of carbonyl (C=O) groups is 1. The molecule has 0 unspecified atom stereocenters. The molecular formula is C14H26N2O3. The quantitative estimate of drug-likeness (QED) is 0.755. The van der Waals surface area contributed by atoms with Gasteiger partial charge in [0.2, 0.25) is 5.91 Å². The molecule has 0 radical (unpaired) electrons. The highest BCUT2D eigenvalue weighted by atomic mass is 16.5. The van der Waals surface area contributed by atoms with Gasteiger partial charge in [0.15, 0.2) is 0 Å². The fraction of sp³-hybridized carbons (Fsp3) is 0.929. The Labute approximate surface area is 115 Å². The Morgan fingerprint density at radius 2 is 1.68 bits per heavy atom. The molecule has 0 aliphatic carbocycles. The number of likely N-dealkylation sites (tertiary alicyclic amines) is 2. The van der Waals surface area contributed by atoms with Crippen molar-refractivity contribution < 1.29 is 14.3 Å². The van der Waals surface area contributed by atoms with Gasteiger partial charge in [-0.1, -0.05) is 0 Å². The Balaban J connectivity index is 1.73. The third-order valence-corrected chi connectivity index (χ3v) is 4.41. The number of carbonyl (C=O) groups excluding carboxylic acids is 1. The van der Waals surface area contributed by atoms with E-state index in [1.807, 2.05) is 4.90 Å². The molecule has 2 rings (SSSR count). The van der Waals surface area contributed by atoms with Crippen LogP contribution in [0.2, 0.25) is 0 Å². The van der Waals surface area contributed by atoms with Crippen LogP contribution in [0.5, 0.6) is 0 Å². The van der Waals surface area contributed by atoms with Crippen LogP contribution >= 0.6 is 0 Å². The van der Waals surface area contributed by atoms with Crippen molar-refractivity contribution in [2.75, 3.05) is 47.0 Å². The molecule has 2 saturated heterocycles. The minimum Gasteiger partial charge on any atom is -0.381 e. The van der Waals surface area contributed by atoms with E-state index in [9.17, 15) is 4.79 Å². The lowest BCUT2D eigenvalue weighted by molar-refractivity contribution is -0.136. The molecule has 0 saturated carbocycles. The first-order chi connectivity index (χ1) is 9.24. The largest absolute Gasteiger partial charge is 0.381 e. The first kappa shape index (κ1) is 14.8. The van der Waals surface area contributed by atoms with Gasteiger partial charge in [-0.2, -0.15) is 0 Å². The van der Waals surface area contributed by atoms with Crippen molar-refractivity contribution >= 4 is 5.91 Å². The average molecular weight is 270 g/mol. The van der Waals surface area contributed by atoms with E-state index in [4.69, 9.17) is 9.47 Å². The number of nitrogens with zero attached hydrogens (tertiary/aromatic N) is 2. The highest BCUT2D eigenvalue weighted by Gasteiger charge is 2.29. The van der Waals surface area contributed by atoms with Gasteiger partial charge in [0, 0.05) is 46.4 Å². The van der Waals surface area contributed by atoms with E-state index in [-0.39, 0.29) is 12.5 Å². The van der Waals surface area contributed by atoms with Crippen molar-refractivity contribution in [1.82, 2.24) is 9.80 Å². The molecule has 0 bridgehead atoms. The van der Waals surface area contributed by atoms with Gasteiger partial charge in [0.1, 0.15) is 6.61 Å². The lowest BCUT2D eigenvalue weighted by atomic mass is 9.99. The summed E-state index contributed by atoms with van der Waals surface area (Å²) in [6.45, 7) is 4.22. The molecule has 0 N–H and O–H groups in total. The van der Waals surface area contributed by atoms with Crippen LogP contribution in [0.4, 0.5) is 0 Å². The molecule has 0 atom stereocenters. The monoisotopic (exact) mass is 270 g/mol. The van der Waals surface area contributed by atoms with E-state index in [2.05, 4.69) is 4.90 Å². The summed E-state index contributed by atoms with van der Waals surface area (Å²) in [4.78, 5) is 16.2. The topological polar surface area (TPSA) is 42.0 Å². The minimum absolute atomic E-state index is 0.124. The molecule has 0 aromatic carbocycles. The third kappa shape index (κ3) is 3.91. The zero-order valence-electron chi connectivity index (χ0n) is 12.1. The number of amides is 1. The standard InChI is InChI=1S/C14H26N2O3/c1-18-11-14(17)16-7-3-12(4-8-16)15-9-5-13(19-2)6-10-15/h12-13H,3-11H2,1-2H3. The van der Waals surface area contributed by atoms with E-state index in [1.54, 1.807) is 14.2 Å². The summed E-state index contributed by atoms with van der Waals surface area (Å²) < 4.78 is 10.3. The number of ether oxygens (including phenoxy) is 2. The summed E-state index contributed by atoms with van der Waals surface area (Å²) in [5, 5.41) is 0. The predicted octanol–water partition coefficient (Wildman–Crippen LogP) is 0.735. The number of piperidine rings is 2. The van der Waals surface area contributed by atoms with Crippen LogP contribution in [-0.4, -0.2) is 74.9 Å². The second-order valence-corrected chi connectivity index (χ2v) is 5.52. The molecule has 0 spiro atoms. The van der Waals surface area contributed by atoms with Gasteiger partial charge < -0.3 is 19.3 Å². The van der Waals surface area contributed by atoms with Crippen LogP contribution in [0.3, 0.4) is 0 Å². The lowest BCUT2D eigenvalue weighted by Gasteiger charge is -2.41. The lowest BCUT2D eigenvalue weighted by Crippen LogP contribution is -2.50. The van der Waals surface area contributed by atoms with Crippen molar-refractivity contribution in [2.45, 2.75) is 37.8 Å². The second kappa shape index (κ2) is 7.22. The molecule has 2 fully saturated rings. The van der Waals surface area contributed by atoms with Crippen molar-refractivity contribution in [1.29, 1.82) is 0 Å². The summed E-state index contributed by atoms with van der Waals surface area (Å²) in [5.41, 5.74) is 0. The molecule has 5 heteroatoms. The van der Waals surface area contributed by atoms with Crippen LogP contribution in [0, 0.1) is 0 Å². The fourth-order valence-electron chi connectivity index (χ4n) is 3.17. The maximum Gasteiger partial charge on any atom is 0.248 e. The van der Waals surface area contributed by atoms with Crippen molar-refractivity contribution in [2.24, 2.45) is 0 Å². The molecule has 19 heavy (non-hydrogen) atoms. The summed E-state index contributed by atoms with van der Waals surface area (Å²) in [6, 6.07) is 0.643. The van der Waals surface area contributed by atoms with Crippen LogP contribution in [0.25, 0.3) is 0 Å². The Hall–Kier alpha value is -0.650. The summed E-state index contributed by atoms with van der Waals surface area (Å²) in [5.74, 6) is 0.124. The van der Waals surface area contributed by atoms with E-state index < -0.39 is 0 Å². The molecule has 5 nitrogen and oxygen atoms in total. The maximum atomic E-state index is 11.7. The van der Waals surface area contributed by atoms with Gasteiger partial charge in [-0.15, -0.1) is 0 Å². The van der Waals surface area contributed by atoms with Crippen LogP contribution in [0.15, 0.2) is 0 Å². The highest BCUT2D eigenvalue weighted by Crippen LogP contribution is 2.22. The number of hydrogen-bond donors (Lipinski definition) is 0. The minimum atomic E-state index is 0.124. The molecule has 0 aromatic heterocycles. The average Bonchev–Trinajstić information content (AvgIpc) is 2.48. The summed E-state index contributed by atoms with van der Waals surface area (Å²) in [7, 11) is 3.38. The predicted molar refractivity (Wildman–Crippen MR) is 73.1 cm³/mol. The Bertz CT molecular complexity index is 282. The van der Waals surface area contributed by atoms with E-state index >= 15 is 0 Å². The summed E-state index contributed by atoms with van der Waals surface area (Å²) >= 11 is 0.